The third kappa shape index (κ3) is 4.49. The van der Waals surface area contributed by atoms with Crippen molar-refractivity contribution in [1.82, 2.24) is 10.2 Å². The summed E-state index contributed by atoms with van der Waals surface area (Å²) in [5.41, 5.74) is 1.59. The molecule has 0 spiro atoms. The van der Waals surface area contributed by atoms with Gasteiger partial charge in [-0.1, -0.05) is 24.3 Å². The number of aromatic nitrogens is 2. The lowest BCUT2D eigenvalue weighted by molar-refractivity contribution is 0.342. The van der Waals surface area contributed by atoms with E-state index in [1.807, 2.05) is 48.5 Å². The molecule has 146 valence electrons. The fraction of sp³-hybridized carbons (Fsp3) is 0.130. The van der Waals surface area contributed by atoms with Gasteiger partial charge in [-0.15, -0.1) is 22.0 Å². The Balaban J connectivity index is 1.48. The van der Waals surface area contributed by atoms with Gasteiger partial charge in [0.05, 0.1) is 13.7 Å². The molecule has 0 aliphatic carbocycles. The quantitative estimate of drug-likeness (QED) is 0.295. The second kappa shape index (κ2) is 8.92. The zero-order valence-electron chi connectivity index (χ0n) is 15.8. The molecule has 0 saturated carbocycles. The molecule has 1 aromatic heterocycles. The first-order valence-electron chi connectivity index (χ1n) is 9.15. The Morgan fingerprint density at radius 3 is 2.24 bits per heavy atom. The molecule has 6 heteroatoms. The van der Waals surface area contributed by atoms with E-state index in [1.165, 1.54) is 12.1 Å². The Morgan fingerprint density at radius 1 is 0.828 bits per heavy atom. The lowest BCUT2D eigenvalue weighted by Gasteiger charge is -2.10. The summed E-state index contributed by atoms with van der Waals surface area (Å²) >= 11 is 1.60. The Morgan fingerprint density at radius 2 is 1.52 bits per heavy atom. The number of fused-ring (bicyclic) bond motifs is 1. The van der Waals surface area contributed by atoms with Gasteiger partial charge >= 0.3 is 0 Å². The average molecular weight is 406 g/mol. The molecule has 0 fully saturated rings. The molecule has 0 saturated heterocycles. The topological polar surface area (TPSA) is 44.2 Å². The first-order chi connectivity index (χ1) is 14.2. The van der Waals surface area contributed by atoms with Crippen LogP contribution in [0, 0.1) is 5.82 Å². The Hall–Kier alpha value is -3.12. The predicted octanol–water partition coefficient (Wildman–Crippen LogP) is 5.62. The van der Waals surface area contributed by atoms with Gasteiger partial charge in [0.25, 0.3) is 0 Å². The van der Waals surface area contributed by atoms with E-state index >= 15 is 0 Å². The molecule has 3 aromatic carbocycles. The summed E-state index contributed by atoms with van der Waals surface area (Å²) in [7, 11) is 1.64. The molecule has 0 bridgehead atoms. The fourth-order valence-corrected chi connectivity index (χ4v) is 3.77. The molecule has 0 aliphatic heterocycles. The second-order valence-corrected chi connectivity index (χ2v) is 7.36. The van der Waals surface area contributed by atoms with Crippen LogP contribution in [0.15, 0.2) is 77.8 Å². The Labute approximate surface area is 172 Å². The van der Waals surface area contributed by atoms with Crippen LogP contribution in [0.5, 0.6) is 11.5 Å². The molecular formula is C23H19FN2O2S. The Kier molecular flexibility index (Phi) is 5.91. The maximum Gasteiger partial charge on any atom is 0.127 e. The van der Waals surface area contributed by atoms with Crippen molar-refractivity contribution in [2.45, 2.75) is 5.03 Å². The van der Waals surface area contributed by atoms with Gasteiger partial charge < -0.3 is 9.47 Å². The molecule has 0 N–H and O–H groups in total. The van der Waals surface area contributed by atoms with Crippen LogP contribution >= 0.6 is 11.8 Å². The number of thioether (sulfide) groups is 1. The summed E-state index contributed by atoms with van der Waals surface area (Å²) in [5.74, 6) is 2.07. The second-order valence-electron chi connectivity index (χ2n) is 6.28. The highest BCUT2D eigenvalue weighted by atomic mass is 32.2. The van der Waals surface area contributed by atoms with Gasteiger partial charge in [-0.05, 0) is 48.5 Å². The number of nitrogens with zero attached hydrogens (tertiary/aromatic N) is 2. The van der Waals surface area contributed by atoms with Crippen molar-refractivity contribution in [3.8, 4) is 22.8 Å². The largest absolute Gasteiger partial charge is 0.497 e. The van der Waals surface area contributed by atoms with E-state index in [0.717, 1.165) is 44.3 Å². The standard InChI is InChI=1S/C23H19FN2O2S/c1-27-18-10-12-19(13-11-18)28-14-15-29-23-21-5-3-2-4-20(21)22(25-26-23)16-6-8-17(24)9-7-16/h2-13H,14-15H2,1H3. The number of hydrogen-bond donors (Lipinski definition) is 0. The van der Waals surface area contributed by atoms with E-state index in [9.17, 15) is 4.39 Å². The predicted molar refractivity (Wildman–Crippen MR) is 114 cm³/mol. The Bertz CT molecular complexity index is 1100. The number of methoxy groups -OCH3 is 1. The molecule has 4 aromatic rings. The summed E-state index contributed by atoms with van der Waals surface area (Å²) in [6, 6.07) is 21.8. The normalized spacial score (nSPS) is 10.8. The zero-order chi connectivity index (χ0) is 20.1. The van der Waals surface area contributed by atoms with E-state index in [4.69, 9.17) is 9.47 Å². The highest BCUT2D eigenvalue weighted by molar-refractivity contribution is 7.99. The molecule has 1 heterocycles. The average Bonchev–Trinajstić information content (AvgIpc) is 2.78. The zero-order valence-corrected chi connectivity index (χ0v) is 16.7. The maximum absolute atomic E-state index is 13.3. The van der Waals surface area contributed by atoms with Crippen LogP contribution in [0.1, 0.15) is 0 Å². The molecule has 4 nitrogen and oxygen atoms in total. The van der Waals surface area contributed by atoms with Crippen LogP contribution in [0.3, 0.4) is 0 Å². The van der Waals surface area contributed by atoms with Crippen LogP contribution in [0.2, 0.25) is 0 Å². The molecule has 0 atom stereocenters. The summed E-state index contributed by atoms with van der Waals surface area (Å²) < 4.78 is 24.2. The number of halogens is 1. The highest BCUT2D eigenvalue weighted by Gasteiger charge is 2.11. The minimum Gasteiger partial charge on any atom is -0.497 e. The number of hydrogen-bond acceptors (Lipinski definition) is 5. The number of benzene rings is 3. The van der Waals surface area contributed by atoms with Crippen molar-refractivity contribution < 1.29 is 13.9 Å². The van der Waals surface area contributed by atoms with Crippen molar-refractivity contribution in [3.05, 3.63) is 78.6 Å². The van der Waals surface area contributed by atoms with Crippen LogP contribution in [-0.2, 0) is 0 Å². The molecule has 29 heavy (non-hydrogen) atoms. The van der Waals surface area contributed by atoms with Crippen molar-refractivity contribution >= 4 is 22.5 Å². The molecule has 4 rings (SSSR count). The molecule has 0 radical (unpaired) electrons. The summed E-state index contributed by atoms with van der Waals surface area (Å²) in [6.07, 6.45) is 0. The van der Waals surface area contributed by atoms with Gasteiger partial charge in [-0.2, -0.15) is 0 Å². The third-order valence-corrected chi connectivity index (χ3v) is 5.37. The van der Waals surface area contributed by atoms with Crippen molar-refractivity contribution in [2.24, 2.45) is 0 Å². The molecular weight excluding hydrogens is 387 g/mol. The van der Waals surface area contributed by atoms with Gasteiger partial charge in [-0.3, -0.25) is 0 Å². The first-order valence-corrected chi connectivity index (χ1v) is 10.1. The molecule has 0 aliphatic rings. The fourth-order valence-electron chi connectivity index (χ4n) is 2.98. The number of rotatable bonds is 7. The van der Waals surface area contributed by atoms with Crippen molar-refractivity contribution in [3.63, 3.8) is 0 Å². The van der Waals surface area contributed by atoms with Gasteiger partial charge in [0.2, 0.25) is 0 Å². The van der Waals surface area contributed by atoms with E-state index < -0.39 is 0 Å². The molecule has 0 unspecified atom stereocenters. The van der Waals surface area contributed by atoms with Gasteiger partial charge in [0.1, 0.15) is 28.0 Å². The van der Waals surface area contributed by atoms with Gasteiger partial charge in [-0.25, -0.2) is 4.39 Å². The maximum atomic E-state index is 13.3. The first kappa shape index (κ1) is 19.2. The van der Waals surface area contributed by atoms with Crippen molar-refractivity contribution in [1.29, 1.82) is 0 Å². The summed E-state index contributed by atoms with van der Waals surface area (Å²) in [5, 5.41) is 11.7. The van der Waals surface area contributed by atoms with E-state index in [0.29, 0.717) is 6.61 Å². The lowest BCUT2D eigenvalue weighted by Crippen LogP contribution is -2.01. The van der Waals surface area contributed by atoms with Crippen LogP contribution in [0.25, 0.3) is 22.0 Å². The summed E-state index contributed by atoms with van der Waals surface area (Å²) in [6.45, 7) is 0.548. The number of ether oxygens (including phenoxy) is 2. The third-order valence-electron chi connectivity index (χ3n) is 4.42. The minimum atomic E-state index is -0.268. The SMILES string of the molecule is COc1ccc(OCCSc2nnc(-c3ccc(F)cc3)c3ccccc23)cc1. The smallest absolute Gasteiger partial charge is 0.127 e. The van der Waals surface area contributed by atoms with E-state index in [2.05, 4.69) is 10.2 Å². The van der Waals surface area contributed by atoms with Gasteiger partial charge in [0, 0.05) is 22.1 Å². The lowest BCUT2D eigenvalue weighted by atomic mass is 10.1. The summed E-state index contributed by atoms with van der Waals surface area (Å²) in [4.78, 5) is 0. The van der Waals surface area contributed by atoms with Crippen LogP contribution in [-0.4, -0.2) is 29.7 Å². The van der Waals surface area contributed by atoms with Crippen LogP contribution < -0.4 is 9.47 Å². The van der Waals surface area contributed by atoms with Crippen LogP contribution in [0.4, 0.5) is 4.39 Å². The highest BCUT2D eigenvalue weighted by Crippen LogP contribution is 2.31. The van der Waals surface area contributed by atoms with Crippen molar-refractivity contribution in [2.75, 3.05) is 19.5 Å². The van der Waals surface area contributed by atoms with E-state index in [-0.39, 0.29) is 5.82 Å². The monoisotopic (exact) mass is 406 g/mol. The van der Waals surface area contributed by atoms with Gasteiger partial charge in [0.15, 0.2) is 0 Å². The van der Waals surface area contributed by atoms with E-state index in [1.54, 1.807) is 31.0 Å². The minimum absolute atomic E-state index is 0.268. The molecule has 0 amide bonds.